The van der Waals surface area contributed by atoms with Gasteiger partial charge in [-0.3, -0.25) is 4.79 Å². The summed E-state index contributed by atoms with van der Waals surface area (Å²) in [5.74, 6) is -0.857. The van der Waals surface area contributed by atoms with Crippen LogP contribution in [0.15, 0.2) is 6.33 Å². The van der Waals surface area contributed by atoms with Crippen LogP contribution in [0.2, 0.25) is 0 Å². The number of carbonyl (C=O) groups excluding carboxylic acids is 2. The number of amides is 1. The highest BCUT2D eigenvalue weighted by Gasteiger charge is 2.18. The summed E-state index contributed by atoms with van der Waals surface area (Å²) in [7, 11) is 1.25. The molecule has 88 valence electrons. The molecule has 1 atom stereocenters. The first-order chi connectivity index (χ1) is 7.60. The Balaban J connectivity index is 2.77. The normalized spacial score (nSPS) is 11.9. The third-order valence-corrected chi connectivity index (χ3v) is 2.00. The standard InChI is InChI=1S/C9H14N4O3/c1-4-10-8(14)6(2)13-5-11-7(12-13)9(15)16-3/h5-6H,4H2,1-3H3,(H,10,14). The molecule has 0 spiro atoms. The predicted octanol–water partition coefficient (Wildman–Crippen LogP) is -0.238. The van der Waals surface area contributed by atoms with Crippen molar-refractivity contribution in [1.29, 1.82) is 0 Å². The summed E-state index contributed by atoms with van der Waals surface area (Å²) in [6, 6.07) is -0.508. The van der Waals surface area contributed by atoms with Crippen LogP contribution in [-0.2, 0) is 9.53 Å². The van der Waals surface area contributed by atoms with Gasteiger partial charge in [0.05, 0.1) is 7.11 Å². The van der Waals surface area contributed by atoms with E-state index >= 15 is 0 Å². The smallest absolute Gasteiger partial charge is 0.377 e. The number of hydrogen-bond acceptors (Lipinski definition) is 5. The molecule has 1 N–H and O–H groups in total. The molecule has 0 bridgehead atoms. The van der Waals surface area contributed by atoms with Crippen molar-refractivity contribution in [2.75, 3.05) is 13.7 Å². The molecule has 0 aromatic carbocycles. The second kappa shape index (κ2) is 5.24. The lowest BCUT2D eigenvalue weighted by Gasteiger charge is -2.10. The molecule has 1 aromatic heterocycles. The Morgan fingerprint density at radius 2 is 2.31 bits per heavy atom. The predicted molar refractivity (Wildman–Crippen MR) is 54.8 cm³/mol. The van der Waals surface area contributed by atoms with Crippen molar-refractivity contribution in [1.82, 2.24) is 20.1 Å². The molecule has 16 heavy (non-hydrogen) atoms. The van der Waals surface area contributed by atoms with Gasteiger partial charge in [-0.1, -0.05) is 0 Å². The molecule has 7 heteroatoms. The fraction of sp³-hybridized carbons (Fsp3) is 0.556. The number of carbonyl (C=O) groups is 2. The Bertz CT molecular complexity index is 388. The first-order valence-electron chi connectivity index (χ1n) is 4.87. The number of ether oxygens (including phenoxy) is 1. The maximum Gasteiger partial charge on any atom is 0.377 e. The zero-order chi connectivity index (χ0) is 12.1. The minimum Gasteiger partial charge on any atom is -0.463 e. The first-order valence-corrected chi connectivity index (χ1v) is 4.87. The molecule has 0 fully saturated rings. The van der Waals surface area contributed by atoms with Gasteiger partial charge in [-0.05, 0) is 13.8 Å². The van der Waals surface area contributed by atoms with Crippen LogP contribution in [-0.4, -0.2) is 40.3 Å². The third-order valence-electron chi connectivity index (χ3n) is 2.00. The van der Waals surface area contributed by atoms with E-state index in [0.29, 0.717) is 6.54 Å². The Morgan fingerprint density at radius 3 is 2.88 bits per heavy atom. The van der Waals surface area contributed by atoms with Gasteiger partial charge in [-0.25, -0.2) is 14.5 Å². The average Bonchev–Trinajstić information content (AvgIpc) is 2.76. The molecule has 0 aliphatic rings. The van der Waals surface area contributed by atoms with Crippen molar-refractivity contribution in [3.63, 3.8) is 0 Å². The summed E-state index contributed by atoms with van der Waals surface area (Å²) in [5.41, 5.74) is 0. The summed E-state index contributed by atoms with van der Waals surface area (Å²) >= 11 is 0. The van der Waals surface area contributed by atoms with E-state index in [1.54, 1.807) is 6.92 Å². The monoisotopic (exact) mass is 226 g/mol. The molecule has 1 rings (SSSR count). The number of rotatable bonds is 4. The second-order valence-corrected chi connectivity index (χ2v) is 3.11. The summed E-state index contributed by atoms with van der Waals surface area (Å²) in [5, 5.41) is 6.51. The van der Waals surface area contributed by atoms with Crippen LogP contribution in [0.4, 0.5) is 0 Å². The maximum atomic E-state index is 11.5. The van der Waals surface area contributed by atoms with Crippen LogP contribution in [0.1, 0.15) is 30.5 Å². The zero-order valence-electron chi connectivity index (χ0n) is 9.43. The molecular weight excluding hydrogens is 212 g/mol. The number of hydrogen-bond donors (Lipinski definition) is 1. The highest BCUT2D eigenvalue weighted by molar-refractivity contribution is 5.85. The largest absolute Gasteiger partial charge is 0.463 e. The van der Waals surface area contributed by atoms with Gasteiger partial charge in [0.1, 0.15) is 12.4 Å². The molecule has 1 amide bonds. The topological polar surface area (TPSA) is 86.1 Å². The summed E-state index contributed by atoms with van der Waals surface area (Å²) < 4.78 is 5.78. The molecule has 1 unspecified atom stereocenters. The lowest BCUT2D eigenvalue weighted by molar-refractivity contribution is -0.124. The van der Waals surface area contributed by atoms with Gasteiger partial charge in [0.2, 0.25) is 5.91 Å². The number of likely N-dealkylation sites (N-methyl/N-ethyl adjacent to an activating group) is 1. The second-order valence-electron chi connectivity index (χ2n) is 3.11. The van der Waals surface area contributed by atoms with E-state index in [-0.39, 0.29) is 11.7 Å². The molecule has 0 saturated carbocycles. The summed E-state index contributed by atoms with van der Waals surface area (Å²) in [6.45, 7) is 4.04. The van der Waals surface area contributed by atoms with E-state index in [9.17, 15) is 9.59 Å². The molecule has 1 heterocycles. The van der Waals surface area contributed by atoms with Crippen molar-refractivity contribution in [2.45, 2.75) is 19.9 Å². The van der Waals surface area contributed by atoms with Crippen molar-refractivity contribution in [3.05, 3.63) is 12.2 Å². The van der Waals surface area contributed by atoms with Gasteiger partial charge in [-0.2, -0.15) is 0 Å². The molecular formula is C9H14N4O3. The van der Waals surface area contributed by atoms with Crippen LogP contribution in [0, 0.1) is 0 Å². The molecule has 0 aliphatic carbocycles. The van der Waals surface area contributed by atoms with Crippen LogP contribution in [0.3, 0.4) is 0 Å². The fourth-order valence-electron chi connectivity index (χ4n) is 1.09. The van der Waals surface area contributed by atoms with Gasteiger partial charge in [0.15, 0.2) is 0 Å². The number of methoxy groups -OCH3 is 1. The van der Waals surface area contributed by atoms with E-state index in [0.717, 1.165) is 0 Å². The fourth-order valence-corrected chi connectivity index (χ4v) is 1.09. The van der Waals surface area contributed by atoms with E-state index < -0.39 is 12.0 Å². The van der Waals surface area contributed by atoms with Gasteiger partial charge < -0.3 is 10.1 Å². The average molecular weight is 226 g/mol. The Kier molecular flexibility index (Phi) is 3.98. The molecule has 7 nitrogen and oxygen atoms in total. The third kappa shape index (κ3) is 2.56. The SMILES string of the molecule is CCNC(=O)C(C)n1cnc(C(=O)OC)n1. The van der Waals surface area contributed by atoms with E-state index in [1.807, 2.05) is 6.92 Å². The van der Waals surface area contributed by atoms with Gasteiger partial charge >= 0.3 is 5.97 Å². The van der Waals surface area contributed by atoms with E-state index in [4.69, 9.17) is 0 Å². The van der Waals surface area contributed by atoms with Crippen LogP contribution in [0.5, 0.6) is 0 Å². The Morgan fingerprint density at radius 1 is 1.62 bits per heavy atom. The van der Waals surface area contributed by atoms with E-state index in [1.165, 1.54) is 18.1 Å². The highest BCUT2D eigenvalue weighted by Crippen LogP contribution is 2.03. The Hall–Kier alpha value is -1.92. The van der Waals surface area contributed by atoms with Gasteiger partial charge in [-0.15, -0.1) is 5.10 Å². The molecule has 0 saturated heterocycles. The lowest BCUT2D eigenvalue weighted by Crippen LogP contribution is -2.31. The quantitative estimate of drug-likeness (QED) is 0.716. The van der Waals surface area contributed by atoms with Crippen LogP contribution in [0.25, 0.3) is 0 Å². The number of nitrogens with zero attached hydrogens (tertiary/aromatic N) is 3. The zero-order valence-corrected chi connectivity index (χ0v) is 9.43. The van der Waals surface area contributed by atoms with Crippen molar-refractivity contribution in [2.24, 2.45) is 0 Å². The number of nitrogens with one attached hydrogen (secondary N) is 1. The molecule has 1 aromatic rings. The van der Waals surface area contributed by atoms with Crippen molar-refractivity contribution >= 4 is 11.9 Å². The molecule has 0 radical (unpaired) electrons. The number of aromatic nitrogens is 3. The highest BCUT2D eigenvalue weighted by atomic mass is 16.5. The summed E-state index contributed by atoms with van der Waals surface area (Å²) in [4.78, 5) is 26.3. The maximum absolute atomic E-state index is 11.5. The molecule has 0 aliphatic heterocycles. The van der Waals surface area contributed by atoms with E-state index in [2.05, 4.69) is 20.1 Å². The lowest BCUT2D eigenvalue weighted by atomic mass is 10.3. The van der Waals surface area contributed by atoms with Crippen LogP contribution >= 0.6 is 0 Å². The summed E-state index contributed by atoms with van der Waals surface area (Å²) in [6.07, 6.45) is 1.33. The van der Waals surface area contributed by atoms with Gasteiger partial charge in [0.25, 0.3) is 5.82 Å². The Labute approximate surface area is 92.8 Å². The van der Waals surface area contributed by atoms with Crippen molar-refractivity contribution < 1.29 is 14.3 Å². The first kappa shape index (κ1) is 12.2. The minimum absolute atomic E-state index is 0.0568. The van der Waals surface area contributed by atoms with Crippen molar-refractivity contribution in [3.8, 4) is 0 Å². The minimum atomic E-state index is -0.623. The number of esters is 1. The van der Waals surface area contributed by atoms with Crippen LogP contribution < -0.4 is 5.32 Å². The van der Waals surface area contributed by atoms with Gasteiger partial charge in [0, 0.05) is 6.54 Å².